The predicted octanol–water partition coefficient (Wildman–Crippen LogP) is 6.41. The number of hydrogen-bond donors (Lipinski definition) is 0. The van der Waals surface area contributed by atoms with Gasteiger partial charge in [-0.15, -0.1) is 0 Å². The van der Waals surface area contributed by atoms with Crippen LogP contribution in [-0.4, -0.2) is 43.7 Å². The van der Waals surface area contributed by atoms with Gasteiger partial charge in [-0.25, -0.2) is 0 Å². The second-order valence-corrected chi connectivity index (χ2v) is 12.0. The minimum absolute atomic E-state index is 0.0861. The van der Waals surface area contributed by atoms with Gasteiger partial charge in [-0.1, -0.05) is 80.9 Å². The number of methoxy groups -OCH3 is 2. The van der Waals surface area contributed by atoms with Crippen LogP contribution in [0.4, 0.5) is 5.69 Å². The number of nitrogens with zero attached hydrogens (tertiary/aromatic N) is 1. The van der Waals surface area contributed by atoms with Gasteiger partial charge in [0.25, 0.3) is 0 Å². The first kappa shape index (κ1) is 26.3. The van der Waals surface area contributed by atoms with Crippen LogP contribution in [0.2, 0.25) is 5.02 Å². The number of benzene rings is 3. The molecular weight excluding hydrogens is 526 g/mol. The summed E-state index contributed by atoms with van der Waals surface area (Å²) in [4.78, 5) is 46.0. The van der Waals surface area contributed by atoms with Gasteiger partial charge < -0.3 is 14.4 Å². The quantitative estimate of drug-likeness (QED) is 0.347. The monoisotopic (exact) mass is 555 g/mol. The lowest BCUT2D eigenvalue weighted by Gasteiger charge is -2.38. The maximum atomic E-state index is 14.7. The van der Waals surface area contributed by atoms with Gasteiger partial charge in [0, 0.05) is 38.7 Å². The number of Topliss-reactive ketones (excluding diaryl/α,β-unsaturated/α-hetero) is 3. The summed E-state index contributed by atoms with van der Waals surface area (Å²) < 4.78 is 11.5. The summed E-state index contributed by atoms with van der Waals surface area (Å²) >= 11 is 6.36. The highest BCUT2D eigenvalue weighted by molar-refractivity contribution is 6.32. The summed E-state index contributed by atoms with van der Waals surface area (Å²) in [5.41, 5.74) is 0.507. The van der Waals surface area contributed by atoms with Crippen LogP contribution in [0.1, 0.15) is 58.5 Å². The second-order valence-electron chi connectivity index (χ2n) is 11.6. The molecular formula is C33H30ClNO5. The Labute approximate surface area is 238 Å². The molecule has 0 unspecified atom stereocenters. The molecule has 40 heavy (non-hydrogen) atoms. The van der Waals surface area contributed by atoms with E-state index in [9.17, 15) is 14.4 Å². The van der Waals surface area contributed by atoms with Crippen LogP contribution in [0, 0.1) is 10.8 Å². The Morgan fingerprint density at radius 3 is 2.20 bits per heavy atom. The van der Waals surface area contributed by atoms with E-state index in [-0.39, 0.29) is 17.3 Å². The summed E-state index contributed by atoms with van der Waals surface area (Å²) in [5.74, 6) is -0.670. The van der Waals surface area contributed by atoms with Crippen molar-refractivity contribution in [3.63, 3.8) is 0 Å². The number of ketones is 3. The minimum atomic E-state index is -1.61. The van der Waals surface area contributed by atoms with Crippen molar-refractivity contribution >= 4 is 40.7 Å². The van der Waals surface area contributed by atoms with Crippen LogP contribution in [0.25, 0.3) is 6.08 Å². The third-order valence-corrected chi connectivity index (χ3v) is 8.78. The fourth-order valence-electron chi connectivity index (χ4n) is 6.89. The number of ether oxygens (including phenoxy) is 2. The summed E-state index contributed by atoms with van der Waals surface area (Å²) in [5, 5.41) is 0.556. The number of carbonyl (C=O) groups excluding carboxylic acids is 3. The third-order valence-electron chi connectivity index (χ3n) is 8.54. The van der Waals surface area contributed by atoms with Crippen molar-refractivity contribution in [1.29, 1.82) is 0 Å². The maximum absolute atomic E-state index is 14.7. The average molecular weight is 556 g/mol. The third kappa shape index (κ3) is 3.38. The van der Waals surface area contributed by atoms with Gasteiger partial charge in [0.15, 0.2) is 28.8 Å². The zero-order valence-electron chi connectivity index (χ0n) is 23.0. The van der Waals surface area contributed by atoms with E-state index < -0.39 is 28.8 Å². The topological polar surface area (TPSA) is 72.9 Å². The molecule has 2 heterocycles. The lowest BCUT2D eigenvalue weighted by molar-refractivity contribution is -0.127. The van der Waals surface area contributed by atoms with Gasteiger partial charge in [0.2, 0.25) is 0 Å². The van der Waals surface area contributed by atoms with E-state index in [1.165, 1.54) is 14.2 Å². The number of carbonyl (C=O) groups is 3. The lowest BCUT2D eigenvalue weighted by atomic mass is 9.63. The van der Waals surface area contributed by atoms with Crippen molar-refractivity contribution < 1.29 is 23.9 Å². The Kier molecular flexibility index (Phi) is 5.97. The van der Waals surface area contributed by atoms with Crippen LogP contribution in [0.15, 0.2) is 66.7 Å². The highest BCUT2D eigenvalue weighted by atomic mass is 35.5. The first-order valence-electron chi connectivity index (χ1n) is 13.3. The molecule has 3 atom stereocenters. The van der Waals surface area contributed by atoms with E-state index in [0.29, 0.717) is 33.2 Å². The number of fused-ring (bicyclic) bond motifs is 5. The normalized spacial score (nSPS) is 22.2. The number of halogens is 1. The van der Waals surface area contributed by atoms with Crippen LogP contribution in [0.3, 0.4) is 0 Å². The summed E-state index contributed by atoms with van der Waals surface area (Å²) in [6, 6.07) is 16.2. The van der Waals surface area contributed by atoms with E-state index >= 15 is 0 Å². The smallest absolute Gasteiger partial charge is 0.180 e. The Bertz CT molecular complexity index is 1580. The molecule has 2 aliphatic heterocycles. The molecule has 6 rings (SSSR count). The zero-order valence-corrected chi connectivity index (χ0v) is 23.8. The average Bonchev–Trinajstić information content (AvgIpc) is 3.37. The molecule has 1 saturated heterocycles. The molecule has 1 fully saturated rings. The standard InChI is InChI=1S/C33H30ClNO5/c1-32(2,3)31(38)27-26(22-11-8-12-24(39-4)28(22)40-5)33(29(36)20-9-6-7-10-21(20)30(33)37)25-16-13-18-17-19(34)14-15-23(18)35(25)27/h6-17,25-27H,1-5H3/t25-,26-,27+/m0/s1. The van der Waals surface area contributed by atoms with Crippen molar-refractivity contribution in [1.82, 2.24) is 0 Å². The zero-order chi connectivity index (χ0) is 28.6. The Morgan fingerprint density at radius 1 is 0.925 bits per heavy atom. The Hall–Kier alpha value is -3.90. The molecule has 1 aliphatic carbocycles. The van der Waals surface area contributed by atoms with Gasteiger partial charge in [-0.3, -0.25) is 14.4 Å². The Balaban J connectivity index is 1.74. The van der Waals surface area contributed by atoms with Gasteiger partial charge in [-0.05, 0) is 29.8 Å². The van der Waals surface area contributed by atoms with E-state index in [2.05, 4.69) is 0 Å². The fourth-order valence-corrected chi connectivity index (χ4v) is 7.07. The first-order valence-corrected chi connectivity index (χ1v) is 13.6. The van der Waals surface area contributed by atoms with Crippen LogP contribution in [0.5, 0.6) is 11.5 Å². The predicted molar refractivity (Wildman–Crippen MR) is 155 cm³/mol. The molecule has 7 heteroatoms. The van der Waals surface area contributed by atoms with Crippen LogP contribution in [-0.2, 0) is 4.79 Å². The molecule has 0 amide bonds. The molecule has 3 aromatic carbocycles. The fraction of sp³-hybridized carbons (Fsp3) is 0.303. The summed E-state index contributed by atoms with van der Waals surface area (Å²) in [6.07, 6.45) is 3.79. The van der Waals surface area contributed by atoms with E-state index in [1.54, 1.807) is 42.5 Å². The molecule has 3 aliphatic rings. The second kappa shape index (κ2) is 9.07. The van der Waals surface area contributed by atoms with Gasteiger partial charge in [-0.2, -0.15) is 0 Å². The van der Waals surface area contributed by atoms with Crippen LogP contribution >= 0.6 is 11.6 Å². The molecule has 0 saturated carbocycles. The minimum Gasteiger partial charge on any atom is -0.493 e. The van der Waals surface area contributed by atoms with E-state index in [1.807, 2.05) is 56.0 Å². The van der Waals surface area contributed by atoms with Crippen molar-refractivity contribution in [3.05, 3.63) is 94.0 Å². The highest BCUT2D eigenvalue weighted by Crippen LogP contribution is 2.62. The van der Waals surface area contributed by atoms with Crippen molar-refractivity contribution in [2.75, 3.05) is 19.1 Å². The maximum Gasteiger partial charge on any atom is 0.180 e. The van der Waals surface area contributed by atoms with Gasteiger partial charge in [0.05, 0.1) is 26.3 Å². The molecule has 0 radical (unpaired) electrons. The number of rotatable bonds is 4. The Morgan fingerprint density at radius 2 is 1.60 bits per heavy atom. The van der Waals surface area contributed by atoms with E-state index in [0.717, 1.165) is 11.3 Å². The molecule has 0 bridgehead atoms. The molecule has 1 spiro atoms. The molecule has 0 N–H and O–H groups in total. The number of hydrogen-bond acceptors (Lipinski definition) is 6. The molecule has 0 aromatic heterocycles. The van der Waals surface area contributed by atoms with Gasteiger partial charge >= 0.3 is 0 Å². The van der Waals surface area contributed by atoms with E-state index in [4.69, 9.17) is 21.1 Å². The SMILES string of the molecule is COc1cccc([C@H]2[C@H](C(=O)C(C)(C)C)N3c4ccc(Cl)cc4C=C[C@H]3C23C(=O)c2ccccc2C3=O)c1OC. The first-order chi connectivity index (χ1) is 19.1. The van der Waals surface area contributed by atoms with Crippen molar-refractivity contribution in [3.8, 4) is 11.5 Å². The number of para-hydroxylation sites is 1. The molecule has 6 nitrogen and oxygen atoms in total. The van der Waals surface area contributed by atoms with Crippen molar-refractivity contribution in [2.45, 2.75) is 38.8 Å². The van der Waals surface area contributed by atoms with Crippen molar-refractivity contribution in [2.24, 2.45) is 10.8 Å². The molecule has 204 valence electrons. The summed E-state index contributed by atoms with van der Waals surface area (Å²) in [6.45, 7) is 5.60. The highest BCUT2D eigenvalue weighted by Gasteiger charge is 2.72. The van der Waals surface area contributed by atoms with Crippen LogP contribution < -0.4 is 14.4 Å². The van der Waals surface area contributed by atoms with Gasteiger partial charge in [0.1, 0.15) is 5.41 Å². The molecule has 3 aromatic rings. The lowest BCUT2D eigenvalue weighted by Crippen LogP contribution is -2.49. The number of anilines is 1. The summed E-state index contributed by atoms with van der Waals surface area (Å²) in [7, 11) is 3.07. The largest absolute Gasteiger partial charge is 0.493 e.